The van der Waals surface area contributed by atoms with Crippen molar-refractivity contribution < 1.29 is 13.2 Å². The minimum Gasteiger partial charge on any atom is -0.495 e. The molecule has 3 aromatic rings. The highest BCUT2D eigenvalue weighted by atomic mass is 32.2. The number of sulfonamides is 1. The SMILES string of the molecule is COc1ccc(C)cc1S(=O)(=O)Nc1ccc(NC(C)c2ccccc2)nn1. The molecule has 146 valence electrons. The third-order valence-corrected chi connectivity index (χ3v) is 5.55. The van der Waals surface area contributed by atoms with E-state index in [4.69, 9.17) is 4.74 Å². The number of methoxy groups -OCH3 is 1. The van der Waals surface area contributed by atoms with Crippen LogP contribution in [0, 0.1) is 6.92 Å². The lowest BCUT2D eigenvalue weighted by molar-refractivity contribution is 0.402. The number of aromatic nitrogens is 2. The molecule has 0 aliphatic rings. The maximum Gasteiger partial charge on any atom is 0.266 e. The van der Waals surface area contributed by atoms with Crippen LogP contribution in [0.25, 0.3) is 0 Å². The van der Waals surface area contributed by atoms with Crippen molar-refractivity contribution in [3.05, 3.63) is 71.8 Å². The fourth-order valence-corrected chi connectivity index (χ4v) is 3.95. The van der Waals surface area contributed by atoms with Crippen LogP contribution in [0.15, 0.2) is 65.6 Å². The van der Waals surface area contributed by atoms with Gasteiger partial charge in [0.15, 0.2) is 5.82 Å². The van der Waals surface area contributed by atoms with Crippen molar-refractivity contribution in [1.29, 1.82) is 0 Å². The second kappa shape index (κ2) is 8.26. The summed E-state index contributed by atoms with van der Waals surface area (Å²) < 4.78 is 33.0. The Morgan fingerprint density at radius 1 is 0.964 bits per heavy atom. The van der Waals surface area contributed by atoms with Gasteiger partial charge in [-0.05, 0) is 49.2 Å². The molecule has 3 rings (SSSR count). The summed E-state index contributed by atoms with van der Waals surface area (Å²) in [6.07, 6.45) is 0. The molecule has 0 fully saturated rings. The molecule has 0 saturated carbocycles. The number of hydrogen-bond donors (Lipinski definition) is 2. The van der Waals surface area contributed by atoms with Crippen LogP contribution in [-0.2, 0) is 10.0 Å². The Bertz CT molecular complexity index is 1040. The minimum atomic E-state index is -3.86. The zero-order valence-electron chi connectivity index (χ0n) is 15.9. The fourth-order valence-electron chi connectivity index (χ4n) is 2.70. The Morgan fingerprint density at radius 2 is 1.64 bits per heavy atom. The number of benzene rings is 2. The van der Waals surface area contributed by atoms with Crippen molar-refractivity contribution in [2.24, 2.45) is 0 Å². The summed E-state index contributed by atoms with van der Waals surface area (Å²) in [5, 5.41) is 11.3. The average molecular weight is 398 g/mol. The lowest BCUT2D eigenvalue weighted by Gasteiger charge is -2.15. The van der Waals surface area contributed by atoms with E-state index in [-0.39, 0.29) is 22.5 Å². The van der Waals surface area contributed by atoms with Gasteiger partial charge in [-0.2, -0.15) is 0 Å². The third-order valence-electron chi connectivity index (χ3n) is 4.18. The number of anilines is 2. The van der Waals surface area contributed by atoms with Crippen LogP contribution in [0.2, 0.25) is 0 Å². The predicted molar refractivity (Wildman–Crippen MR) is 109 cm³/mol. The Hall–Kier alpha value is -3.13. The summed E-state index contributed by atoms with van der Waals surface area (Å²) in [5.74, 6) is 0.940. The zero-order valence-corrected chi connectivity index (χ0v) is 16.7. The van der Waals surface area contributed by atoms with Gasteiger partial charge in [0.2, 0.25) is 0 Å². The van der Waals surface area contributed by atoms with Gasteiger partial charge in [-0.25, -0.2) is 8.42 Å². The van der Waals surface area contributed by atoms with Crippen molar-refractivity contribution in [1.82, 2.24) is 10.2 Å². The van der Waals surface area contributed by atoms with Crippen molar-refractivity contribution >= 4 is 21.7 Å². The van der Waals surface area contributed by atoms with Crippen LogP contribution in [0.1, 0.15) is 24.1 Å². The van der Waals surface area contributed by atoms with E-state index >= 15 is 0 Å². The molecule has 1 atom stereocenters. The van der Waals surface area contributed by atoms with Crippen molar-refractivity contribution in [2.45, 2.75) is 24.8 Å². The summed E-state index contributed by atoms with van der Waals surface area (Å²) in [5.41, 5.74) is 1.92. The van der Waals surface area contributed by atoms with Crippen molar-refractivity contribution in [3.63, 3.8) is 0 Å². The van der Waals surface area contributed by atoms with Crippen LogP contribution in [-0.4, -0.2) is 25.7 Å². The fraction of sp³-hybridized carbons (Fsp3) is 0.200. The molecule has 28 heavy (non-hydrogen) atoms. The molecule has 1 aromatic heterocycles. The molecule has 0 amide bonds. The van der Waals surface area contributed by atoms with Gasteiger partial charge in [0.25, 0.3) is 10.0 Å². The summed E-state index contributed by atoms with van der Waals surface area (Å²) in [6.45, 7) is 3.82. The Kier molecular flexibility index (Phi) is 5.79. The van der Waals surface area contributed by atoms with Gasteiger partial charge >= 0.3 is 0 Å². The van der Waals surface area contributed by atoms with Gasteiger partial charge in [0.1, 0.15) is 16.5 Å². The quantitative estimate of drug-likeness (QED) is 0.629. The highest BCUT2D eigenvalue weighted by Crippen LogP contribution is 2.26. The van der Waals surface area contributed by atoms with E-state index in [1.165, 1.54) is 7.11 Å². The van der Waals surface area contributed by atoms with E-state index in [9.17, 15) is 8.42 Å². The van der Waals surface area contributed by atoms with Crippen LogP contribution >= 0.6 is 0 Å². The highest BCUT2D eigenvalue weighted by Gasteiger charge is 2.20. The summed E-state index contributed by atoms with van der Waals surface area (Å²) in [6, 6.07) is 18.2. The van der Waals surface area contributed by atoms with E-state index in [2.05, 4.69) is 20.2 Å². The van der Waals surface area contributed by atoms with E-state index in [1.807, 2.05) is 44.2 Å². The molecule has 2 aromatic carbocycles. The van der Waals surface area contributed by atoms with E-state index < -0.39 is 10.0 Å². The highest BCUT2D eigenvalue weighted by molar-refractivity contribution is 7.92. The number of nitrogens with zero attached hydrogens (tertiary/aromatic N) is 2. The monoisotopic (exact) mass is 398 g/mol. The molecular weight excluding hydrogens is 376 g/mol. The van der Waals surface area contributed by atoms with Crippen LogP contribution < -0.4 is 14.8 Å². The first-order valence-corrected chi connectivity index (χ1v) is 10.2. The standard InChI is InChI=1S/C20H22N4O3S/c1-14-9-10-17(27-3)18(13-14)28(25,26)24-20-12-11-19(22-23-20)21-15(2)16-7-5-4-6-8-16/h4-13,15H,1-3H3,(H,21,22)(H,23,24). The normalized spacial score (nSPS) is 12.2. The minimum absolute atomic E-state index is 0.0367. The second-order valence-corrected chi connectivity index (χ2v) is 7.99. The smallest absolute Gasteiger partial charge is 0.266 e. The van der Waals surface area contributed by atoms with Gasteiger partial charge in [-0.15, -0.1) is 10.2 Å². The molecule has 7 nitrogen and oxygen atoms in total. The maximum atomic E-state index is 12.7. The van der Waals surface area contributed by atoms with Gasteiger partial charge in [0, 0.05) is 6.04 Å². The first kappa shape index (κ1) is 19.6. The number of hydrogen-bond acceptors (Lipinski definition) is 6. The van der Waals surface area contributed by atoms with Crippen LogP contribution in [0.3, 0.4) is 0 Å². The lowest BCUT2D eigenvalue weighted by atomic mass is 10.1. The summed E-state index contributed by atoms with van der Waals surface area (Å²) >= 11 is 0. The van der Waals surface area contributed by atoms with Gasteiger partial charge in [0.05, 0.1) is 7.11 Å². The maximum absolute atomic E-state index is 12.7. The van der Waals surface area contributed by atoms with E-state index in [1.54, 1.807) is 30.3 Å². The van der Waals surface area contributed by atoms with Crippen LogP contribution in [0.4, 0.5) is 11.6 Å². The van der Waals surface area contributed by atoms with Crippen molar-refractivity contribution in [2.75, 3.05) is 17.1 Å². The summed E-state index contributed by atoms with van der Waals surface area (Å²) in [7, 11) is -2.43. The van der Waals surface area contributed by atoms with E-state index in [0.29, 0.717) is 5.82 Å². The second-order valence-electron chi connectivity index (χ2n) is 6.34. The molecule has 8 heteroatoms. The lowest BCUT2D eigenvalue weighted by Crippen LogP contribution is -2.16. The largest absolute Gasteiger partial charge is 0.495 e. The Morgan fingerprint density at radius 3 is 2.29 bits per heavy atom. The number of aryl methyl sites for hydroxylation is 1. The van der Waals surface area contributed by atoms with Gasteiger partial charge < -0.3 is 10.1 Å². The molecule has 0 radical (unpaired) electrons. The van der Waals surface area contributed by atoms with Crippen LogP contribution in [0.5, 0.6) is 5.75 Å². The molecule has 2 N–H and O–H groups in total. The topological polar surface area (TPSA) is 93.2 Å². The van der Waals surface area contributed by atoms with Gasteiger partial charge in [-0.3, -0.25) is 4.72 Å². The third kappa shape index (κ3) is 4.58. The predicted octanol–water partition coefficient (Wildman–Crippen LogP) is 3.77. The molecule has 0 aliphatic carbocycles. The number of rotatable bonds is 7. The molecule has 0 spiro atoms. The summed E-state index contributed by atoms with van der Waals surface area (Å²) in [4.78, 5) is 0.0525. The molecule has 0 bridgehead atoms. The first-order valence-electron chi connectivity index (χ1n) is 8.72. The Labute approximate surface area is 164 Å². The van der Waals surface area contributed by atoms with Crippen molar-refractivity contribution in [3.8, 4) is 5.75 Å². The zero-order chi connectivity index (χ0) is 20.1. The average Bonchev–Trinajstić information content (AvgIpc) is 2.70. The molecule has 0 aliphatic heterocycles. The number of ether oxygens (including phenoxy) is 1. The molecular formula is C20H22N4O3S. The van der Waals surface area contributed by atoms with E-state index in [0.717, 1.165) is 11.1 Å². The first-order chi connectivity index (χ1) is 13.4. The molecule has 1 heterocycles. The Balaban J connectivity index is 1.74. The van der Waals surface area contributed by atoms with Gasteiger partial charge in [-0.1, -0.05) is 36.4 Å². The molecule has 1 unspecified atom stereocenters. The molecule has 0 saturated heterocycles. The number of nitrogens with one attached hydrogen (secondary N) is 2.